The van der Waals surface area contributed by atoms with E-state index in [4.69, 9.17) is 27.9 Å². The number of pyridine rings is 1. The molecule has 0 unspecified atom stereocenters. The molecule has 0 N–H and O–H groups in total. The fraction of sp³-hybridized carbons (Fsp3) is 0.455. The Morgan fingerprint density at radius 2 is 2.22 bits per heavy atom. The van der Waals surface area contributed by atoms with Crippen molar-refractivity contribution in [2.75, 3.05) is 6.61 Å². The van der Waals surface area contributed by atoms with Crippen LogP contribution in [0.15, 0.2) is 6.20 Å². The van der Waals surface area contributed by atoms with Crippen molar-refractivity contribution in [2.24, 2.45) is 0 Å². The lowest BCUT2D eigenvalue weighted by molar-refractivity contribution is -0.142. The fourth-order valence-electron chi connectivity index (χ4n) is 1.40. The van der Waals surface area contributed by atoms with Crippen molar-refractivity contribution >= 4 is 29.2 Å². The van der Waals surface area contributed by atoms with Gasteiger partial charge in [-0.1, -0.05) is 11.6 Å². The van der Waals surface area contributed by atoms with Crippen LogP contribution in [-0.2, 0) is 21.8 Å². The minimum atomic E-state index is -2.79. The maximum Gasteiger partial charge on any atom is 0.310 e. The summed E-state index contributed by atoms with van der Waals surface area (Å²) in [7, 11) is 0. The number of hydrogen-bond acceptors (Lipinski definition) is 3. The Hall–Kier alpha value is -0.940. The highest BCUT2D eigenvalue weighted by Crippen LogP contribution is 2.32. The summed E-state index contributed by atoms with van der Waals surface area (Å²) in [4.78, 5) is 15.1. The number of halogens is 4. The summed E-state index contributed by atoms with van der Waals surface area (Å²) in [6.07, 6.45) is -1.72. The lowest BCUT2D eigenvalue weighted by Gasteiger charge is -2.11. The molecule has 18 heavy (non-hydrogen) atoms. The number of alkyl halides is 3. The fourth-order valence-corrected chi connectivity index (χ4v) is 1.92. The molecule has 0 amide bonds. The molecule has 3 nitrogen and oxygen atoms in total. The van der Waals surface area contributed by atoms with Gasteiger partial charge in [-0.25, -0.2) is 8.78 Å². The van der Waals surface area contributed by atoms with Crippen molar-refractivity contribution in [3.63, 3.8) is 0 Å². The lowest BCUT2D eigenvalue weighted by Crippen LogP contribution is -2.10. The second kappa shape index (κ2) is 6.85. The van der Waals surface area contributed by atoms with Gasteiger partial charge in [-0.2, -0.15) is 0 Å². The number of carbonyl (C=O) groups is 1. The van der Waals surface area contributed by atoms with Gasteiger partial charge in [0.2, 0.25) is 0 Å². The lowest BCUT2D eigenvalue weighted by atomic mass is 10.1. The Morgan fingerprint density at radius 1 is 1.56 bits per heavy atom. The zero-order valence-corrected chi connectivity index (χ0v) is 11.1. The van der Waals surface area contributed by atoms with Crippen molar-refractivity contribution in [3.8, 4) is 0 Å². The van der Waals surface area contributed by atoms with E-state index in [1.165, 1.54) is 6.20 Å². The van der Waals surface area contributed by atoms with Crippen LogP contribution < -0.4 is 0 Å². The third-order valence-corrected chi connectivity index (χ3v) is 2.89. The van der Waals surface area contributed by atoms with E-state index in [-0.39, 0.29) is 35.2 Å². The molecule has 0 radical (unpaired) electrons. The SMILES string of the molecule is CCOC(=O)Cc1cnc(CCl)c(C(F)F)c1Cl. The molecular formula is C11H11Cl2F2NO2. The molecule has 7 heteroatoms. The number of hydrogen-bond donors (Lipinski definition) is 0. The van der Waals surface area contributed by atoms with Crippen molar-refractivity contribution < 1.29 is 18.3 Å². The molecule has 100 valence electrons. The number of carbonyl (C=O) groups excluding carboxylic acids is 1. The summed E-state index contributed by atoms with van der Waals surface area (Å²) in [5.74, 6) is -0.709. The quantitative estimate of drug-likeness (QED) is 0.617. The highest BCUT2D eigenvalue weighted by molar-refractivity contribution is 6.32. The minimum absolute atomic E-state index is 0.0178. The van der Waals surface area contributed by atoms with Crippen molar-refractivity contribution in [3.05, 3.63) is 28.0 Å². The normalized spacial score (nSPS) is 10.8. The van der Waals surface area contributed by atoms with Gasteiger partial charge in [-0.15, -0.1) is 11.6 Å². The molecule has 1 aromatic heterocycles. The molecular weight excluding hydrogens is 287 g/mol. The molecule has 0 aromatic carbocycles. The van der Waals surface area contributed by atoms with Crippen molar-refractivity contribution in [1.82, 2.24) is 4.98 Å². The molecule has 0 spiro atoms. The van der Waals surface area contributed by atoms with Gasteiger partial charge in [0.15, 0.2) is 0 Å². The van der Waals surface area contributed by atoms with Crippen LogP contribution in [0, 0.1) is 0 Å². The van der Waals surface area contributed by atoms with E-state index in [2.05, 4.69) is 4.98 Å². The first-order valence-corrected chi connectivity index (χ1v) is 6.08. The summed E-state index contributed by atoms with van der Waals surface area (Å²) >= 11 is 11.4. The Morgan fingerprint density at radius 3 is 2.72 bits per heavy atom. The van der Waals surface area contributed by atoms with Gasteiger partial charge in [0.25, 0.3) is 6.43 Å². The van der Waals surface area contributed by atoms with Crippen LogP contribution >= 0.6 is 23.2 Å². The van der Waals surface area contributed by atoms with Gasteiger partial charge >= 0.3 is 5.97 Å². The molecule has 0 fully saturated rings. The first kappa shape index (κ1) is 15.1. The van der Waals surface area contributed by atoms with E-state index in [1.54, 1.807) is 6.92 Å². The molecule has 1 heterocycles. The Kier molecular flexibility index (Phi) is 5.75. The zero-order chi connectivity index (χ0) is 13.7. The highest BCUT2D eigenvalue weighted by atomic mass is 35.5. The average Bonchev–Trinajstić information content (AvgIpc) is 2.31. The van der Waals surface area contributed by atoms with E-state index in [1.807, 2.05) is 0 Å². The smallest absolute Gasteiger partial charge is 0.310 e. The van der Waals surface area contributed by atoms with E-state index in [0.29, 0.717) is 0 Å². The van der Waals surface area contributed by atoms with Gasteiger partial charge in [0.05, 0.1) is 35.2 Å². The molecule has 0 aliphatic heterocycles. The highest BCUT2D eigenvalue weighted by Gasteiger charge is 2.21. The van der Waals surface area contributed by atoms with E-state index < -0.39 is 18.0 Å². The first-order chi connectivity index (χ1) is 8.51. The molecule has 0 saturated heterocycles. The second-order valence-corrected chi connectivity index (χ2v) is 4.02. The molecule has 0 atom stereocenters. The van der Waals surface area contributed by atoms with Gasteiger partial charge in [0.1, 0.15) is 0 Å². The maximum absolute atomic E-state index is 12.8. The van der Waals surface area contributed by atoms with Crippen LogP contribution in [0.5, 0.6) is 0 Å². The summed E-state index contributed by atoms with van der Waals surface area (Å²) in [5.41, 5.74) is -0.197. The standard InChI is InChI=1S/C11H11Cl2F2NO2/c1-2-18-8(17)3-6-5-16-7(4-12)9(10(6)13)11(14)15/h5,11H,2-4H2,1H3. The summed E-state index contributed by atoms with van der Waals surface area (Å²) in [5, 5.41) is -0.177. The predicted molar refractivity (Wildman–Crippen MR) is 64.1 cm³/mol. The second-order valence-electron chi connectivity index (χ2n) is 3.37. The predicted octanol–water partition coefficient (Wildman–Crippen LogP) is 3.52. The minimum Gasteiger partial charge on any atom is -0.466 e. The largest absolute Gasteiger partial charge is 0.466 e. The van der Waals surface area contributed by atoms with Gasteiger partial charge in [0, 0.05) is 11.8 Å². The Labute approximate surface area is 113 Å². The van der Waals surface area contributed by atoms with Gasteiger partial charge in [-0.05, 0) is 6.92 Å². The van der Waals surface area contributed by atoms with Crippen LogP contribution in [0.1, 0.15) is 30.2 Å². The first-order valence-electron chi connectivity index (χ1n) is 5.17. The van der Waals surface area contributed by atoms with Crippen LogP contribution in [-0.4, -0.2) is 17.6 Å². The van der Waals surface area contributed by atoms with E-state index in [0.717, 1.165) is 0 Å². The van der Waals surface area contributed by atoms with Crippen LogP contribution in [0.4, 0.5) is 8.78 Å². The number of rotatable bonds is 5. The number of aromatic nitrogens is 1. The molecule has 0 bridgehead atoms. The van der Waals surface area contributed by atoms with E-state index in [9.17, 15) is 13.6 Å². The van der Waals surface area contributed by atoms with E-state index >= 15 is 0 Å². The number of ether oxygens (including phenoxy) is 1. The average molecular weight is 298 g/mol. The molecule has 0 aliphatic rings. The number of esters is 1. The summed E-state index contributed by atoms with van der Waals surface area (Å²) in [6, 6.07) is 0. The third kappa shape index (κ3) is 3.53. The van der Waals surface area contributed by atoms with Crippen molar-refractivity contribution in [1.29, 1.82) is 0 Å². The zero-order valence-electron chi connectivity index (χ0n) is 9.55. The Balaban J connectivity index is 3.08. The molecule has 0 saturated carbocycles. The van der Waals surface area contributed by atoms with Crippen LogP contribution in [0.2, 0.25) is 5.02 Å². The summed E-state index contributed by atoms with van der Waals surface area (Å²) in [6.45, 7) is 1.87. The van der Waals surface area contributed by atoms with Crippen LogP contribution in [0.3, 0.4) is 0 Å². The Bertz CT molecular complexity index is 441. The topological polar surface area (TPSA) is 39.2 Å². The molecule has 1 aromatic rings. The molecule has 0 aliphatic carbocycles. The van der Waals surface area contributed by atoms with Crippen molar-refractivity contribution in [2.45, 2.75) is 25.7 Å². The molecule has 1 rings (SSSR count). The van der Waals surface area contributed by atoms with Crippen LogP contribution in [0.25, 0.3) is 0 Å². The van der Waals surface area contributed by atoms with Gasteiger partial charge < -0.3 is 4.74 Å². The third-order valence-electron chi connectivity index (χ3n) is 2.19. The van der Waals surface area contributed by atoms with Gasteiger partial charge in [-0.3, -0.25) is 9.78 Å². The maximum atomic E-state index is 12.8. The number of nitrogens with zero attached hydrogens (tertiary/aromatic N) is 1. The monoisotopic (exact) mass is 297 g/mol. The summed E-state index contributed by atoms with van der Waals surface area (Å²) < 4.78 is 30.4.